The van der Waals surface area contributed by atoms with E-state index in [2.05, 4.69) is 15.4 Å². The molecule has 13 heteroatoms. The van der Waals surface area contributed by atoms with Crippen LogP contribution in [-0.2, 0) is 14.3 Å². The fourth-order valence-corrected chi connectivity index (χ4v) is 3.85. The third-order valence-electron chi connectivity index (χ3n) is 5.45. The average Bonchev–Trinajstić information content (AvgIpc) is 2.70. The number of nitrogens with zero attached hydrogens (tertiary/aromatic N) is 1. The Morgan fingerprint density at radius 3 is 2.40 bits per heavy atom. The second-order valence-electron chi connectivity index (χ2n) is 7.96. The number of halogens is 5. The third kappa shape index (κ3) is 5.78. The number of carbonyl (C=O) groups excluding carboxylic acids is 3. The third-order valence-corrected chi connectivity index (χ3v) is 5.45. The highest BCUT2D eigenvalue weighted by Crippen LogP contribution is 2.34. The van der Waals surface area contributed by atoms with Gasteiger partial charge in [-0.05, 0) is 30.7 Å². The number of benzene rings is 2. The summed E-state index contributed by atoms with van der Waals surface area (Å²) in [6.45, 7) is 0.225. The second kappa shape index (κ2) is 9.39. The minimum absolute atomic E-state index is 0.00215. The smallest absolute Gasteiger partial charge is 0.442 e. The molecule has 186 valence electrons. The molecule has 2 saturated heterocycles. The summed E-state index contributed by atoms with van der Waals surface area (Å²) in [5, 5.41) is 4.35. The van der Waals surface area contributed by atoms with E-state index in [0.717, 1.165) is 24.3 Å². The van der Waals surface area contributed by atoms with Gasteiger partial charge in [-0.1, -0.05) is 6.07 Å². The molecular weight excluding hydrogens is 481 g/mol. The number of anilines is 2. The number of rotatable bonds is 5. The maximum Gasteiger partial charge on any atom is 0.573 e. The van der Waals surface area contributed by atoms with Crippen LogP contribution in [0.3, 0.4) is 0 Å². The maximum absolute atomic E-state index is 14.7. The van der Waals surface area contributed by atoms with E-state index in [9.17, 15) is 36.3 Å². The molecule has 8 nitrogen and oxygen atoms in total. The Balaban J connectivity index is 1.32. The van der Waals surface area contributed by atoms with Gasteiger partial charge in [-0.3, -0.25) is 20.2 Å². The van der Waals surface area contributed by atoms with E-state index in [1.165, 1.54) is 17.0 Å². The van der Waals surface area contributed by atoms with E-state index in [1.54, 1.807) is 0 Å². The van der Waals surface area contributed by atoms with Crippen molar-refractivity contribution in [2.24, 2.45) is 0 Å². The Bertz CT molecular complexity index is 1140. The van der Waals surface area contributed by atoms with Crippen LogP contribution in [0.1, 0.15) is 24.3 Å². The topological polar surface area (TPSA) is 97.0 Å². The maximum atomic E-state index is 14.7. The molecule has 2 aliphatic heterocycles. The van der Waals surface area contributed by atoms with Crippen LogP contribution < -0.4 is 20.3 Å². The number of alkyl halides is 3. The number of hydrogen-bond donors (Lipinski definition) is 2. The summed E-state index contributed by atoms with van der Waals surface area (Å²) in [6, 6.07) is 6.75. The number of ether oxygens (including phenoxy) is 2. The van der Waals surface area contributed by atoms with Crippen LogP contribution >= 0.6 is 0 Å². The van der Waals surface area contributed by atoms with Gasteiger partial charge in [0, 0.05) is 29.4 Å². The first-order chi connectivity index (χ1) is 16.5. The van der Waals surface area contributed by atoms with Crippen molar-refractivity contribution in [1.29, 1.82) is 0 Å². The number of piperidine rings is 1. The molecule has 4 rings (SSSR count). The van der Waals surface area contributed by atoms with E-state index in [-0.39, 0.29) is 37.3 Å². The highest BCUT2D eigenvalue weighted by molar-refractivity contribution is 6.01. The van der Waals surface area contributed by atoms with E-state index in [1.807, 2.05) is 0 Å². The van der Waals surface area contributed by atoms with Gasteiger partial charge < -0.3 is 14.4 Å². The first-order valence-corrected chi connectivity index (χ1v) is 10.4. The Morgan fingerprint density at radius 2 is 1.77 bits per heavy atom. The van der Waals surface area contributed by atoms with Gasteiger partial charge in [-0.15, -0.1) is 13.2 Å². The zero-order valence-electron chi connectivity index (χ0n) is 17.8. The monoisotopic (exact) mass is 499 g/mol. The number of amides is 3. The minimum atomic E-state index is -4.88. The molecule has 0 aliphatic carbocycles. The number of hydrogen-bond acceptors (Lipinski definition) is 6. The van der Waals surface area contributed by atoms with Gasteiger partial charge in [0.1, 0.15) is 23.5 Å². The molecular formula is C22H18F5N3O5. The summed E-state index contributed by atoms with van der Waals surface area (Å²) in [5.41, 5.74) is -0.224. The molecule has 3 amide bonds. The lowest BCUT2D eigenvalue weighted by molar-refractivity contribution is -0.274. The van der Waals surface area contributed by atoms with E-state index >= 15 is 0 Å². The number of imide groups is 1. The molecule has 0 aromatic heterocycles. The van der Waals surface area contributed by atoms with E-state index in [4.69, 9.17) is 4.74 Å². The molecule has 2 aliphatic rings. The summed E-state index contributed by atoms with van der Waals surface area (Å²) >= 11 is 0. The Labute approximate surface area is 195 Å². The summed E-state index contributed by atoms with van der Waals surface area (Å²) in [4.78, 5) is 36.8. The van der Waals surface area contributed by atoms with Gasteiger partial charge in [0.05, 0.1) is 19.0 Å². The molecule has 0 spiro atoms. The summed E-state index contributed by atoms with van der Waals surface area (Å²) in [6.07, 6.45) is -6.47. The van der Waals surface area contributed by atoms with Crippen LogP contribution in [0.5, 0.6) is 5.75 Å². The standard InChI is InChI=1S/C22H18F5N3O5/c23-16-7-12(8-17(24)19(16)15-4-5-18(31)29-20(15)32)30-9-14(10-30)34-21(33)28-11-2-1-3-13(6-11)35-22(25,26)27/h1-3,6-8,14-15H,4-5,9-10H2,(H,28,33)(H,29,31,32). The van der Waals surface area contributed by atoms with Crippen molar-refractivity contribution in [2.45, 2.75) is 31.2 Å². The zero-order chi connectivity index (χ0) is 25.3. The van der Waals surface area contributed by atoms with Crippen molar-refractivity contribution in [3.8, 4) is 5.75 Å². The van der Waals surface area contributed by atoms with Crippen LogP contribution in [-0.4, -0.2) is 43.5 Å². The molecule has 2 heterocycles. The molecule has 0 radical (unpaired) electrons. The fourth-order valence-electron chi connectivity index (χ4n) is 3.85. The predicted octanol–water partition coefficient (Wildman–Crippen LogP) is 3.82. The lowest BCUT2D eigenvalue weighted by Crippen LogP contribution is -2.53. The van der Waals surface area contributed by atoms with Crippen molar-refractivity contribution in [2.75, 3.05) is 23.3 Å². The van der Waals surface area contributed by atoms with E-state index < -0.39 is 59.2 Å². The predicted molar refractivity (Wildman–Crippen MR) is 111 cm³/mol. The quantitative estimate of drug-likeness (QED) is 0.480. The summed E-state index contributed by atoms with van der Waals surface area (Å²) < 4.78 is 75.2. The van der Waals surface area contributed by atoms with Gasteiger partial charge in [0.15, 0.2) is 0 Å². The normalized spacial score (nSPS) is 18.5. The highest BCUT2D eigenvalue weighted by Gasteiger charge is 2.35. The molecule has 2 fully saturated rings. The van der Waals surface area contributed by atoms with Crippen LogP contribution in [0.25, 0.3) is 0 Å². The molecule has 2 aromatic carbocycles. The van der Waals surface area contributed by atoms with Crippen molar-refractivity contribution < 1.29 is 45.8 Å². The molecule has 1 unspecified atom stereocenters. The Morgan fingerprint density at radius 1 is 1.09 bits per heavy atom. The number of nitrogens with one attached hydrogen (secondary N) is 2. The fraction of sp³-hybridized carbons (Fsp3) is 0.318. The van der Waals surface area contributed by atoms with Crippen molar-refractivity contribution in [3.05, 3.63) is 53.6 Å². The highest BCUT2D eigenvalue weighted by atomic mass is 19.4. The van der Waals surface area contributed by atoms with Crippen LogP contribution in [0.15, 0.2) is 36.4 Å². The average molecular weight is 499 g/mol. The van der Waals surface area contributed by atoms with Gasteiger partial charge >= 0.3 is 12.5 Å². The lowest BCUT2D eigenvalue weighted by Gasteiger charge is -2.40. The zero-order valence-corrected chi connectivity index (χ0v) is 17.8. The lowest BCUT2D eigenvalue weighted by atomic mass is 9.89. The van der Waals surface area contributed by atoms with Crippen LogP contribution in [0.2, 0.25) is 0 Å². The van der Waals surface area contributed by atoms with E-state index in [0.29, 0.717) is 0 Å². The van der Waals surface area contributed by atoms with Crippen molar-refractivity contribution in [1.82, 2.24) is 5.32 Å². The molecule has 35 heavy (non-hydrogen) atoms. The number of carbonyl (C=O) groups is 3. The first kappa shape index (κ1) is 24.2. The molecule has 1 atom stereocenters. The van der Waals surface area contributed by atoms with Gasteiger partial charge in [-0.2, -0.15) is 0 Å². The second-order valence-corrected chi connectivity index (χ2v) is 7.96. The largest absolute Gasteiger partial charge is 0.573 e. The molecule has 0 bridgehead atoms. The Hall–Kier alpha value is -3.90. The van der Waals surface area contributed by atoms with Crippen molar-refractivity contribution >= 4 is 29.3 Å². The summed E-state index contributed by atoms with van der Waals surface area (Å²) in [7, 11) is 0. The summed E-state index contributed by atoms with van der Waals surface area (Å²) in [5.74, 6) is -4.75. The van der Waals surface area contributed by atoms with Gasteiger partial charge in [0.2, 0.25) is 11.8 Å². The first-order valence-electron chi connectivity index (χ1n) is 10.4. The van der Waals surface area contributed by atoms with Crippen molar-refractivity contribution in [3.63, 3.8) is 0 Å². The SMILES string of the molecule is O=C1CCC(c2c(F)cc(N3CC(OC(=O)Nc4cccc(OC(F)(F)F)c4)C3)cc2F)C(=O)N1. The van der Waals surface area contributed by atoms with Crippen LogP contribution in [0, 0.1) is 11.6 Å². The molecule has 0 saturated carbocycles. The minimum Gasteiger partial charge on any atom is -0.442 e. The molecule has 2 N–H and O–H groups in total. The Kier molecular flexibility index (Phi) is 6.50. The van der Waals surface area contributed by atoms with Gasteiger partial charge in [-0.25, -0.2) is 13.6 Å². The van der Waals surface area contributed by atoms with Crippen LogP contribution in [0.4, 0.5) is 38.1 Å². The molecule has 2 aromatic rings. The van der Waals surface area contributed by atoms with Gasteiger partial charge in [0.25, 0.3) is 0 Å².